The van der Waals surface area contributed by atoms with Crippen LogP contribution in [0.5, 0.6) is 5.88 Å². The third-order valence-corrected chi connectivity index (χ3v) is 7.19. The van der Waals surface area contributed by atoms with E-state index < -0.39 is 10.0 Å². The Balaban J connectivity index is 1.68. The Morgan fingerprint density at radius 1 is 1.14 bits per heavy atom. The summed E-state index contributed by atoms with van der Waals surface area (Å²) in [7, 11) is -1.97. The number of aryl methyl sites for hydroxylation is 2. The molecular formula is C25H29N5O4S. The summed E-state index contributed by atoms with van der Waals surface area (Å²) in [5.74, 6) is 0.164. The van der Waals surface area contributed by atoms with Gasteiger partial charge in [-0.25, -0.2) is 18.1 Å². The lowest BCUT2D eigenvalue weighted by Gasteiger charge is -2.30. The van der Waals surface area contributed by atoms with E-state index in [1.165, 1.54) is 24.3 Å². The Bertz CT molecular complexity index is 1310. The van der Waals surface area contributed by atoms with Crippen LogP contribution in [0.15, 0.2) is 53.4 Å². The fourth-order valence-electron chi connectivity index (χ4n) is 4.11. The molecule has 0 saturated carbocycles. The molecule has 2 N–H and O–H groups in total. The first-order valence-corrected chi connectivity index (χ1v) is 12.8. The molecule has 10 heteroatoms. The molecule has 1 atom stereocenters. The molecule has 1 fully saturated rings. The number of anilines is 1. The first-order chi connectivity index (χ1) is 16.7. The van der Waals surface area contributed by atoms with Gasteiger partial charge in [0.2, 0.25) is 11.8 Å². The summed E-state index contributed by atoms with van der Waals surface area (Å²) in [4.78, 5) is 22.1. The van der Waals surface area contributed by atoms with E-state index >= 15 is 0 Å². The third kappa shape index (κ3) is 6.02. The molecule has 2 aromatic carbocycles. The van der Waals surface area contributed by atoms with E-state index in [1.807, 2.05) is 32.0 Å². The number of aromatic nitrogens is 2. The third-order valence-electron chi connectivity index (χ3n) is 5.86. The van der Waals surface area contributed by atoms with Crippen LogP contribution in [0.25, 0.3) is 11.3 Å². The van der Waals surface area contributed by atoms with Gasteiger partial charge in [-0.1, -0.05) is 30.3 Å². The molecule has 184 valence electrons. The number of piperazine rings is 1. The van der Waals surface area contributed by atoms with Crippen molar-refractivity contribution in [3.05, 3.63) is 65.2 Å². The van der Waals surface area contributed by atoms with E-state index in [1.54, 1.807) is 6.07 Å². The van der Waals surface area contributed by atoms with Gasteiger partial charge in [0, 0.05) is 36.8 Å². The fraction of sp³-hybridized carbons (Fsp3) is 0.320. The van der Waals surface area contributed by atoms with Crippen molar-refractivity contribution in [2.45, 2.75) is 24.8 Å². The summed E-state index contributed by atoms with van der Waals surface area (Å²) in [6, 6.07) is 13.5. The molecule has 4 rings (SSSR count). The van der Waals surface area contributed by atoms with Crippen LogP contribution in [-0.2, 0) is 10.0 Å². The number of carbonyl (C=O) groups excluding carboxylic acids is 1. The molecule has 3 aromatic rings. The second kappa shape index (κ2) is 10.5. The van der Waals surface area contributed by atoms with Crippen LogP contribution in [0, 0.1) is 13.8 Å². The van der Waals surface area contributed by atoms with Crippen molar-refractivity contribution in [2.24, 2.45) is 0 Å². The number of nitrogens with one attached hydrogen (secondary N) is 2. The summed E-state index contributed by atoms with van der Waals surface area (Å²) in [5.41, 5.74) is 3.69. The van der Waals surface area contributed by atoms with Gasteiger partial charge in [0.15, 0.2) is 0 Å². The van der Waals surface area contributed by atoms with Gasteiger partial charge in [-0.3, -0.25) is 4.79 Å². The molecule has 0 aliphatic carbocycles. The summed E-state index contributed by atoms with van der Waals surface area (Å²) in [6.45, 7) is 7.00. The molecule has 0 radical (unpaired) electrons. The SMILES string of the molecule is Cc1cccc(C)c1-c1cc(OCC2CN(C)CCN2)nc(NS(=O)(=O)c2cccc(C=O)c2)n1. The predicted molar refractivity (Wildman–Crippen MR) is 134 cm³/mol. The maximum Gasteiger partial charge on any atom is 0.264 e. The molecule has 0 bridgehead atoms. The number of hydrogen-bond donors (Lipinski definition) is 2. The minimum atomic E-state index is -4.03. The maximum atomic E-state index is 13.0. The van der Waals surface area contributed by atoms with Crippen molar-refractivity contribution < 1.29 is 17.9 Å². The van der Waals surface area contributed by atoms with Crippen molar-refractivity contribution in [3.63, 3.8) is 0 Å². The Labute approximate surface area is 205 Å². The first kappa shape index (κ1) is 24.8. The largest absolute Gasteiger partial charge is 0.476 e. The van der Waals surface area contributed by atoms with Gasteiger partial charge in [-0.05, 0) is 44.2 Å². The minimum Gasteiger partial charge on any atom is -0.476 e. The average molecular weight is 496 g/mol. The monoisotopic (exact) mass is 495 g/mol. The molecule has 9 nitrogen and oxygen atoms in total. The van der Waals surface area contributed by atoms with E-state index in [0.29, 0.717) is 18.6 Å². The molecule has 1 aliphatic rings. The van der Waals surface area contributed by atoms with Gasteiger partial charge >= 0.3 is 0 Å². The molecular weight excluding hydrogens is 466 g/mol. The van der Waals surface area contributed by atoms with Crippen LogP contribution >= 0.6 is 0 Å². The molecule has 1 aliphatic heterocycles. The number of sulfonamides is 1. The van der Waals surface area contributed by atoms with Crippen LogP contribution in [0.2, 0.25) is 0 Å². The lowest BCUT2D eigenvalue weighted by molar-refractivity contribution is 0.112. The zero-order chi connectivity index (χ0) is 25.0. The van der Waals surface area contributed by atoms with Crippen LogP contribution in [0.4, 0.5) is 5.95 Å². The average Bonchev–Trinajstić information content (AvgIpc) is 2.82. The fourth-order valence-corrected chi connectivity index (χ4v) is 5.11. The van der Waals surface area contributed by atoms with Crippen molar-refractivity contribution in [3.8, 4) is 17.1 Å². The van der Waals surface area contributed by atoms with Crippen LogP contribution in [-0.4, -0.2) is 68.9 Å². The second-order valence-electron chi connectivity index (χ2n) is 8.70. The van der Waals surface area contributed by atoms with Crippen LogP contribution in [0.1, 0.15) is 21.5 Å². The van der Waals surface area contributed by atoms with E-state index in [2.05, 4.69) is 32.0 Å². The molecule has 1 saturated heterocycles. The van der Waals surface area contributed by atoms with Gasteiger partial charge in [0.1, 0.15) is 12.9 Å². The van der Waals surface area contributed by atoms with Gasteiger partial charge in [0.05, 0.1) is 16.6 Å². The van der Waals surface area contributed by atoms with E-state index in [-0.39, 0.29) is 28.3 Å². The summed E-state index contributed by atoms with van der Waals surface area (Å²) >= 11 is 0. The van der Waals surface area contributed by atoms with Crippen molar-refractivity contribution in [2.75, 3.05) is 38.0 Å². The van der Waals surface area contributed by atoms with Gasteiger partial charge in [-0.15, -0.1) is 0 Å². The molecule has 2 heterocycles. The predicted octanol–water partition coefficient (Wildman–Crippen LogP) is 2.66. The Morgan fingerprint density at radius 2 is 1.89 bits per heavy atom. The van der Waals surface area contributed by atoms with E-state index in [4.69, 9.17) is 4.74 Å². The lowest BCUT2D eigenvalue weighted by Crippen LogP contribution is -2.51. The summed E-state index contributed by atoms with van der Waals surface area (Å²) in [6.07, 6.45) is 0.597. The van der Waals surface area contributed by atoms with E-state index in [9.17, 15) is 13.2 Å². The van der Waals surface area contributed by atoms with Crippen LogP contribution < -0.4 is 14.8 Å². The lowest BCUT2D eigenvalue weighted by atomic mass is 10.00. The summed E-state index contributed by atoms with van der Waals surface area (Å²) < 4.78 is 34.5. The first-order valence-electron chi connectivity index (χ1n) is 11.3. The van der Waals surface area contributed by atoms with Crippen molar-refractivity contribution >= 4 is 22.3 Å². The highest BCUT2D eigenvalue weighted by Gasteiger charge is 2.21. The molecule has 0 amide bonds. The van der Waals surface area contributed by atoms with Crippen LogP contribution in [0.3, 0.4) is 0 Å². The Morgan fingerprint density at radius 3 is 2.60 bits per heavy atom. The molecule has 35 heavy (non-hydrogen) atoms. The number of likely N-dealkylation sites (N-methyl/N-ethyl adjacent to an activating group) is 1. The zero-order valence-corrected chi connectivity index (χ0v) is 20.8. The standard InChI is InChI=1S/C25H29N5O4S/c1-17-6-4-7-18(2)24(17)22-13-23(34-16-20-14-30(3)11-10-26-20)28-25(27-22)29-35(32,33)21-9-5-8-19(12-21)15-31/h4-9,12-13,15,20,26H,10-11,14,16H2,1-3H3,(H,27,28,29). The smallest absolute Gasteiger partial charge is 0.264 e. The molecule has 1 aromatic heterocycles. The number of rotatable bonds is 8. The molecule has 0 spiro atoms. The van der Waals surface area contributed by atoms with Gasteiger partial charge in [0.25, 0.3) is 10.0 Å². The topological polar surface area (TPSA) is 114 Å². The normalized spacial score (nSPS) is 16.6. The zero-order valence-electron chi connectivity index (χ0n) is 20.0. The van der Waals surface area contributed by atoms with Crippen molar-refractivity contribution in [1.82, 2.24) is 20.2 Å². The highest BCUT2D eigenvalue weighted by molar-refractivity contribution is 7.92. The Kier molecular flexibility index (Phi) is 7.44. The van der Waals surface area contributed by atoms with E-state index in [0.717, 1.165) is 36.3 Å². The van der Waals surface area contributed by atoms with Gasteiger partial charge in [-0.2, -0.15) is 4.98 Å². The maximum absolute atomic E-state index is 13.0. The number of aldehydes is 1. The quantitative estimate of drug-likeness (QED) is 0.459. The second-order valence-corrected chi connectivity index (χ2v) is 10.4. The molecule has 1 unspecified atom stereocenters. The minimum absolute atomic E-state index is 0.0555. The number of hydrogen-bond acceptors (Lipinski definition) is 8. The number of benzene rings is 2. The highest BCUT2D eigenvalue weighted by Crippen LogP contribution is 2.29. The number of ether oxygens (including phenoxy) is 1. The Hall–Kier alpha value is -3.34. The van der Waals surface area contributed by atoms with Crippen molar-refractivity contribution in [1.29, 1.82) is 0 Å². The number of nitrogens with zero attached hydrogens (tertiary/aromatic N) is 3. The summed E-state index contributed by atoms with van der Waals surface area (Å²) in [5, 5.41) is 3.42. The highest BCUT2D eigenvalue weighted by atomic mass is 32.2. The number of carbonyl (C=O) groups is 1. The van der Waals surface area contributed by atoms with Gasteiger partial charge < -0.3 is 15.0 Å².